The van der Waals surface area contributed by atoms with E-state index in [1.54, 1.807) is 0 Å². The summed E-state index contributed by atoms with van der Waals surface area (Å²) in [5, 5.41) is 1.12. The zero-order chi connectivity index (χ0) is 9.52. The Bertz CT molecular complexity index is 126. The number of ether oxygens (including phenoxy) is 1. The topological polar surface area (TPSA) is 12.5 Å². The molecule has 13 heavy (non-hydrogen) atoms. The van der Waals surface area contributed by atoms with Crippen molar-refractivity contribution in [1.29, 1.82) is 0 Å². The Morgan fingerprint density at radius 2 is 2.08 bits per heavy atom. The number of rotatable bonds is 5. The number of hydrogen-bond donors (Lipinski definition) is 0. The van der Waals surface area contributed by atoms with Crippen LogP contribution in [0.4, 0.5) is 0 Å². The summed E-state index contributed by atoms with van der Waals surface area (Å²) in [5.74, 6) is 0.870. The van der Waals surface area contributed by atoms with Gasteiger partial charge in [0, 0.05) is 25.1 Å². The average molecular weight is 250 g/mol. The predicted octanol–water partition coefficient (Wildman–Crippen LogP) is 2.13. The van der Waals surface area contributed by atoms with E-state index in [9.17, 15) is 0 Å². The Kier molecular flexibility index (Phi) is 6.00. The van der Waals surface area contributed by atoms with E-state index in [1.807, 2.05) is 0 Å². The molecule has 0 radical (unpaired) electrons. The van der Waals surface area contributed by atoms with Gasteiger partial charge in [0.05, 0.1) is 0 Å². The number of halogens is 1. The van der Waals surface area contributed by atoms with E-state index < -0.39 is 0 Å². The predicted molar refractivity (Wildman–Crippen MR) is 59.5 cm³/mol. The van der Waals surface area contributed by atoms with Crippen LogP contribution in [0, 0.1) is 5.92 Å². The minimum absolute atomic E-state index is 0.870. The Morgan fingerprint density at radius 1 is 1.38 bits per heavy atom. The molecule has 0 aromatic carbocycles. The van der Waals surface area contributed by atoms with E-state index in [-0.39, 0.29) is 0 Å². The van der Waals surface area contributed by atoms with Crippen LogP contribution >= 0.6 is 15.9 Å². The highest BCUT2D eigenvalue weighted by Crippen LogP contribution is 2.15. The fourth-order valence-corrected chi connectivity index (χ4v) is 2.04. The van der Waals surface area contributed by atoms with Crippen molar-refractivity contribution in [2.45, 2.75) is 19.3 Å². The largest absolute Gasteiger partial charge is 0.381 e. The molecule has 1 saturated heterocycles. The summed E-state index contributed by atoms with van der Waals surface area (Å²) in [5.41, 5.74) is 0. The Hall–Kier alpha value is 0.400. The minimum Gasteiger partial charge on any atom is -0.381 e. The van der Waals surface area contributed by atoms with Gasteiger partial charge in [0.2, 0.25) is 0 Å². The lowest BCUT2D eigenvalue weighted by atomic mass is 10.00. The fourth-order valence-electron chi connectivity index (χ4n) is 1.79. The van der Waals surface area contributed by atoms with Gasteiger partial charge in [0.15, 0.2) is 0 Å². The standard InChI is InChI=1S/C10H20BrNO/c1-12(6-2-5-11)9-10-3-7-13-8-4-10/h10H,2-9H2,1H3. The first-order valence-corrected chi connectivity index (χ1v) is 6.27. The van der Waals surface area contributed by atoms with Gasteiger partial charge in [-0.3, -0.25) is 0 Å². The monoisotopic (exact) mass is 249 g/mol. The molecule has 0 unspecified atom stereocenters. The van der Waals surface area contributed by atoms with Gasteiger partial charge >= 0.3 is 0 Å². The zero-order valence-electron chi connectivity index (χ0n) is 8.47. The Morgan fingerprint density at radius 3 is 2.69 bits per heavy atom. The van der Waals surface area contributed by atoms with Crippen LogP contribution in [0.2, 0.25) is 0 Å². The van der Waals surface area contributed by atoms with E-state index in [0.717, 1.165) is 24.5 Å². The second-order valence-corrected chi connectivity index (χ2v) is 4.65. The van der Waals surface area contributed by atoms with E-state index in [1.165, 1.54) is 32.4 Å². The summed E-state index contributed by atoms with van der Waals surface area (Å²) < 4.78 is 5.34. The molecular formula is C10H20BrNO. The maximum absolute atomic E-state index is 5.34. The summed E-state index contributed by atoms with van der Waals surface area (Å²) in [7, 11) is 2.22. The minimum atomic E-state index is 0.870. The van der Waals surface area contributed by atoms with Crippen LogP contribution in [0.15, 0.2) is 0 Å². The molecule has 0 N–H and O–H groups in total. The summed E-state index contributed by atoms with van der Waals surface area (Å²) >= 11 is 3.46. The highest BCUT2D eigenvalue weighted by Gasteiger charge is 2.15. The van der Waals surface area contributed by atoms with E-state index in [0.29, 0.717) is 0 Å². The van der Waals surface area contributed by atoms with Crippen LogP contribution in [0.1, 0.15) is 19.3 Å². The van der Waals surface area contributed by atoms with Gasteiger partial charge < -0.3 is 9.64 Å². The van der Waals surface area contributed by atoms with Crippen molar-refractivity contribution in [3.63, 3.8) is 0 Å². The van der Waals surface area contributed by atoms with Gasteiger partial charge in [0.1, 0.15) is 0 Å². The summed E-state index contributed by atoms with van der Waals surface area (Å²) in [4.78, 5) is 2.44. The molecule has 1 aliphatic rings. The second kappa shape index (κ2) is 6.80. The third-order valence-corrected chi connectivity index (χ3v) is 3.14. The third kappa shape index (κ3) is 4.99. The SMILES string of the molecule is CN(CCCBr)CC1CCOCC1. The van der Waals surface area contributed by atoms with Gasteiger partial charge in [-0.25, -0.2) is 0 Å². The lowest BCUT2D eigenvalue weighted by Crippen LogP contribution is -2.30. The smallest absolute Gasteiger partial charge is 0.0469 e. The quantitative estimate of drug-likeness (QED) is 0.693. The van der Waals surface area contributed by atoms with Crippen molar-refractivity contribution >= 4 is 15.9 Å². The first-order valence-electron chi connectivity index (χ1n) is 5.15. The average Bonchev–Trinajstić information content (AvgIpc) is 2.16. The Labute approximate surface area is 89.8 Å². The van der Waals surface area contributed by atoms with Gasteiger partial charge in [-0.1, -0.05) is 15.9 Å². The van der Waals surface area contributed by atoms with Crippen molar-refractivity contribution in [1.82, 2.24) is 4.90 Å². The molecule has 1 aliphatic heterocycles. The first-order chi connectivity index (χ1) is 6.33. The van der Waals surface area contributed by atoms with E-state index in [2.05, 4.69) is 27.9 Å². The maximum Gasteiger partial charge on any atom is 0.0469 e. The van der Waals surface area contributed by atoms with Crippen LogP contribution < -0.4 is 0 Å². The molecule has 0 saturated carbocycles. The van der Waals surface area contributed by atoms with Crippen molar-refractivity contribution in [3.05, 3.63) is 0 Å². The molecule has 1 fully saturated rings. The highest BCUT2D eigenvalue weighted by atomic mass is 79.9. The molecule has 78 valence electrons. The summed E-state index contributed by atoms with van der Waals surface area (Å²) in [6.45, 7) is 4.40. The second-order valence-electron chi connectivity index (χ2n) is 3.86. The van der Waals surface area contributed by atoms with Gasteiger partial charge in [-0.05, 0) is 38.8 Å². The summed E-state index contributed by atoms with van der Waals surface area (Å²) in [6, 6.07) is 0. The van der Waals surface area contributed by atoms with Crippen molar-refractivity contribution in [3.8, 4) is 0 Å². The van der Waals surface area contributed by atoms with Crippen LogP contribution in [-0.4, -0.2) is 43.6 Å². The molecule has 3 heteroatoms. The van der Waals surface area contributed by atoms with Gasteiger partial charge in [0.25, 0.3) is 0 Å². The van der Waals surface area contributed by atoms with Crippen molar-refractivity contribution in [2.75, 3.05) is 38.7 Å². The molecule has 1 heterocycles. The number of nitrogens with zero attached hydrogens (tertiary/aromatic N) is 1. The number of alkyl halides is 1. The van der Waals surface area contributed by atoms with Gasteiger partial charge in [-0.15, -0.1) is 0 Å². The zero-order valence-corrected chi connectivity index (χ0v) is 10.1. The fraction of sp³-hybridized carbons (Fsp3) is 1.00. The molecule has 0 aromatic heterocycles. The lowest BCUT2D eigenvalue weighted by Gasteiger charge is -2.26. The normalized spacial score (nSPS) is 19.6. The molecule has 2 nitrogen and oxygen atoms in total. The molecule has 0 spiro atoms. The summed E-state index contributed by atoms with van der Waals surface area (Å²) in [6.07, 6.45) is 3.75. The van der Waals surface area contributed by atoms with Gasteiger partial charge in [-0.2, -0.15) is 0 Å². The molecule has 0 atom stereocenters. The molecule has 0 amide bonds. The lowest BCUT2D eigenvalue weighted by molar-refractivity contribution is 0.0558. The van der Waals surface area contributed by atoms with Crippen LogP contribution in [-0.2, 0) is 4.74 Å². The third-order valence-electron chi connectivity index (χ3n) is 2.58. The molecule has 0 bridgehead atoms. The van der Waals surface area contributed by atoms with Crippen molar-refractivity contribution in [2.24, 2.45) is 5.92 Å². The molecular weight excluding hydrogens is 230 g/mol. The van der Waals surface area contributed by atoms with E-state index in [4.69, 9.17) is 4.74 Å². The maximum atomic E-state index is 5.34. The highest BCUT2D eigenvalue weighted by molar-refractivity contribution is 9.09. The van der Waals surface area contributed by atoms with Crippen LogP contribution in [0.3, 0.4) is 0 Å². The molecule has 0 aliphatic carbocycles. The molecule has 1 rings (SSSR count). The molecule has 0 aromatic rings. The van der Waals surface area contributed by atoms with E-state index >= 15 is 0 Å². The number of hydrogen-bond acceptors (Lipinski definition) is 2. The first kappa shape index (κ1) is 11.5. The van der Waals surface area contributed by atoms with Crippen LogP contribution in [0.5, 0.6) is 0 Å². The Balaban J connectivity index is 2.07. The van der Waals surface area contributed by atoms with Crippen LogP contribution in [0.25, 0.3) is 0 Å². The van der Waals surface area contributed by atoms with Crippen molar-refractivity contribution < 1.29 is 4.74 Å².